The highest BCUT2D eigenvalue weighted by molar-refractivity contribution is 8.00. The van der Waals surface area contributed by atoms with Crippen molar-refractivity contribution in [1.82, 2.24) is 4.90 Å². The Hall–Kier alpha value is -2.29. The summed E-state index contributed by atoms with van der Waals surface area (Å²) in [6, 6.07) is 3.71. The molecule has 1 saturated heterocycles. The van der Waals surface area contributed by atoms with E-state index in [9.17, 15) is 24.8 Å². The normalized spacial score (nSPS) is 22.2. The summed E-state index contributed by atoms with van der Waals surface area (Å²) in [5.74, 6) is -1.86. The molecule has 1 amide bonds. The first-order valence-corrected chi connectivity index (χ1v) is 10.1. The number of thioether (sulfide) groups is 1. The van der Waals surface area contributed by atoms with E-state index in [0.717, 1.165) is 17.7 Å². The molecular formula is C19H24N2O6S. The number of likely N-dealkylation sites (tertiary alicyclic amines) is 1. The number of non-ortho nitro benzene ring substituents is 1. The van der Waals surface area contributed by atoms with Crippen molar-refractivity contribution >= 4 is 29.5 Å². The van der Waals surface area contributed by atoms with Crippen molar-refractivity contribution in [2.75, 3.05) is 6.54 Å². The van der Waals surface area contributed by atoms with Gasteiger partial charge < -0.3 is 14.7 Å². The Balaban J connectivity index is 2.03. The first kappa shape index (κ1) is 20.4. The highest BCUT2D eigenvalue weighted by Crippen LogP contribution is 2.47. The second-order valence-electron chi connectivity index (χ2n) is 8.15. The van der Waals surface area contributed by atoms with Gasteiger partial charge in [-0.3, -0.25) is 14.9 Å². The number of carbonyl (C=O) groups is 2. The van der Waals surface area contributed by atoms with Crippen LogP contribution in [0.15, 0.2) is 23.1 Å². The van der Waals surface area contributed by atoms with Crippen LogP contribution in [-0.4, -0.2) is 44.4 Å². The van der Waals surface area contributed by atoms with Gasteiger partial charge in [0.1, 0.15) is 5.60 Å². The summed E-state index contributed by atoms with van der Waals surface area (Å²) in [5, 5.41) is 21.5. The third-order valence-corrected chi connectivity index (χ3v) is 6.11. The SMILES string of the molecule is CC(C)(C)OC(=O)N1CC[C@@H](C(=O)O)[C@@H]1c1cc([N+](=O)[O-])ccc1SC1CC1. The molecule has 0 aromatic heterocycles. The topological polar surface area (TPSA) is 110 Å². The van der Waals surface area contributed by atoms with Crippen molar-refractivity contribution in [1.29, 1.82) is 0 Å². The van der Waals surface area contributed by atoms with Crippen LogP contribution in [0.4, 0.5) is 10.5 Å². The van der Waals surface area contributed by atoms with Crippen LogP contribution in [0.5, 0.6) is 0 Å². The van der Waals surface area contributed by atoms with E-state index >= 15 is 0 Å². The maximum Gasteiger partial charge on any atom is 0.410 e. The number of rotatable bonds is 5. The minimum atomic E-state index is -1.02. The fourth-order valence-electron chi connectivity index (χ4n) is 3.31. The largest absolute Gasteiger partial charge is 0.481 e. The Bertz CT molecular complexity index is 802. The lowest BCUT2D eigenvalue weighted by atomic mass is 9.93. The molecule has 1 heterocycles. The average molecular weight is 408 g/mol. The molecule has 1 aromatic carbocycles. The van der Waals surface area contributed by atoms with E-state index in [1.807, 2.05) is 0 Å². The number of benzene rings is 1. The Morgan fingerprint density at radius 2 is 1.96 bits per heavy atom. The van der Waals surface area contributed by atoms with Crippen LogP contribution in [0, 0.1) is 16.0 Å². The molecule has 2 atom stereocenters. The molecule has 152 valence electrons. The van der Waals surface area contributed by atoms with Crippen molar-refractivity contribution in [2.24, 2.45) is 5.92 Å². The Labute approximate surface area is 167 Å². The molecule has 0 unspecified atom stereocenters. The minimum absolute atomic E-state index is 0.115. The highest BCUT2D eigenvalue weighted by atomic mass is 32.2. The fraction of sp³-hybridized carbons (Fsp3) is 0.579. The number of nitro groups is 1. The van der Waals surface area contributed by atoms with Gasteiger partial charge in [-0.1, -0.05) is 0 Å². The molecule has 3 rings (SSSR count). The zero-order valence-corrected chi connectivity index (χ0v) is 16.9. The Kier molecular flexibility index (Phi) is 5.56. The minimum Gasteiger partial charge on any atom is -0.481 e. The summed E-state index contributed by atoms with van der Waals surface area (Å²) in [6.07, 6.45) is 1.79. The van der Waals surface area contributed by atoms with E-state index in [2.05, 4.69) is 0 Å². The first-order valence-electron chi connectivity index (χ1n) is 9.24. The maximum atomic E-state index is 12.7. The summed E-state index contributed by atoms with van der Waals surface area (Å²) >= 11 is 1.59. The molecule has 0 spiro atoms. The van der Waals surface area contributed by atoms with Gasteiger partial charge in [0.15, 0.2) is 0 Å². The molecule has 28 heavy (non-hydrogen) atoms. The van der Waals surface area contributed by atoms with Crippen molar-refractivity contribution in [2.45, 2.75) is 61.8 Å². The number of aliphatic carboxylic acids is 1. The quantitative estimate of drug-likeness (QED) is 0.573. The number of carbonyl (C=O) groups excluding carboxylic acids is 1. The number of ether oxygens (including phenoxy) is 1. The standard InChI is InChI=1S/C19H24N2O6S/c1-19(2,3)27-18(24)20-9-8-13(17(22)23)16(20)14-10-11(21(25)26)4-7-15(14)28-12-5-6-12/h4,7,10,12-13,16H,5-6,8-9H2,1-3H3,(H,22,23)/t13-,16-/m1/s1. The number of carboxylic acids is 1. The van der Waals surface area contributed by atoms with E-state index in [1.54, 1.807) is 38.6 Å². The van der Waals surface area contributed by atoms with Crippen LogP contribution in [-0.2, 0) is 9.53 Å². The molecular weight excluding hydrogens is 384 g/mol. The summed E-state index contributed by atoms with van der Waals surface area (Å²) in [7, 11) is 0. The van der Waals surface area contributed by atoms with Crippen LogP contribution in [0.2, 0.25) is 0 Å². The highest BCUT2D eigenvalue weighted by Gasteiger charge is 2.45. The number of nitro benzene ring substituents is 1. The summed E-state index contributed by atoms with van der Waals surface area (Å²) in [6.45, 7) is 5.46. The van der Waals surface area contributed by atoms with E-state index in [1.165, 1.54) is 17.0 Å². The van der Waals surface area contributed by atoms with Crippen LogP contribution >= 0.6 is 11.8 Å². The van der Waals surface area contributed by atoms with Gasteiger partial charge in [-0.05, 0) is 51.7 Å². The lowest BCUT2D eigenvalue weighted by Gasteiger charge is -2.31. The number of hydrogen-bond donors (Lipinski definition) is 1. The van der Waals surface area contributed by atoms with Crippen LogP contribution in [0.3, 0.4) is 0 Å². The number of hydrogen-bond acceptors (Lipinski definition) is 6. The number of amides is 1. The van der Waals surface area contributed by atoms with Gasteiger partial charge in [0, 0.05) is 28.8 Å². The third kappa shape index (κ3) is 4.57. The molecule has 1 N–H and O–H groups in total. The first-order chi connectivity index (χ1) is 13.1. The molecule has 8 nitrogen and oxygen atoms in total. The smallest absolute Gasteiger partial charge is 0.410 e. The summed E-state index contributed by atoms with van der Waals surface area (Å²) in [4.78, 5) is 37.6. The van der Waals surface area contributed by atoms with Crippen molar-refractivity contribution in [3.63, 3.8) is 0 Å². The lowest BCUT2D eigenvalue weighted by molar-refractivity contribution is -0.385. The molecule has 1 saturated carbocycles. The molecule has 2 fully saturated rings. The molecule has 1 aliphatic heterocycles. The van der Waals surface area contributed by atoms with E-state index in [4.69, 9.17) is 4.74 Å². The van der Waals surface area contributed by atoms with Gasteiger partial charge in [0.2, 0.25) is 0 Å². The summed E-state index contributed by atoms with van der Waals surface area (Å²) in [5.41, 5.74) is -0.325. The van der Waals surface area contributed by atoms with Gasteiger partial charge in [0.05, 0.1) is 16.9 Å². The van der Waals surface area contributed by atoms with Crippen LogP contribution in [0.25, 0.3) is 0 Å². The third-order valence-electron chi connectivity index (χ3n) is 4.68. The number of nitrogens with zero attached hydrogens (tertiary/aromatic N) is 2. The van der Waals surface area contributed by atoms with Crippen molar-refractivity contribution in [3.8, 4) is 0 Å². The van der Waals surface area contributed by atoms with Gasteiger partial charge in [-0.15, -0.1) is 11.8 Å². The molecule has 0 bridgehead atoms. The second kappa shape index (κ2) is 7.62. The Morgan fingerprint density at radius 1 is 1.29 bits per heavy atom. The second-order valence-corrected chi connectivity index (χ2v) is 9.49. The van der Waals surface area contributed by atoms with Crippen molar-refractivity contribution in [3.05, 3.63) is 33.9 Å². The van der Waals surface area contributed by atoms with E-state index in [-0.39, 0.29) is 18.7 Å². The molecule has 1 aromatic rings. The van der Waals surface area contributed by atoms with E-state index in [0.29, 0.717) is 10.8 Å². The van der Waals surface area contributed by atoms with Crippen LogP contribution in [0.1, 0.15) is 51.6 Å². The monoisotopic (exact) mass is 408 g/mol. The molecule has 2 aliphatic rings. The zero-order chi connectivity index (χ0) is 20.6. The molecule has 9 heteroatoms. The maximum absolute atomic E-state index is 12.7. The van der Waals surface area contributed by atoms with Crippen LogP contribution < -0.4 is 0 Å². The predicted octanol–water partition coefficient (Wildman–Crippen LogP) is 4.23. The molecule has 0 radical (unpaired) electrons. The molecule has 1 aliphatic carbocycles. The van der Waals surface area contributed by atoms with Gasteiger partial charge in [-0.2, -0.15) is 0 Å². The van der Waals surface area contributed by atoms with E-state index < -0.39 is 34.5 Å². The zero-order valence-electron chi connectivity index (χ0n) is 16.1. The van der Waals surface area contributed by atoms with Gasteiger partial charge >= 0.3 is 12.1 Å². The van der Waals surface area contributed by atoms with Gasteiger partial charge in [-0.25, -0.2) is 4.79 Å². The Morgan fingerprint density at radius 3 is 2.50 bits per heavy atom. The predicted molar refractivity (Wildman–Crippen MR) is 103 cm³/mol. The summed E-state index contributed by atoms with van der Waals surface area (Å²) < 4.78 is 5.47. The fourth-order valence-corrected chi connectivity index (χ4v) is 4.51. The average Bonchev–Trinajstić information content (AvgIpc) is 3.27. The lowest BCUT2D eigenvalue weighted by Crippen LogP contribution is -2.38. The number of carboxylic acid groups (broad SMARTS) is 1. The van der Waals surface area contributed by atoms with Gasteiger partial charge in [0.25, 0.3) is 5.69 Å². The van der Waals surface area contributed by atoms with Crippen molar-refractivity contribution < 1.29 is 24.4 Å².